The number of aryl methyl sites for hydroxylation is 1. The minimum atomic E-state index is -0.237. The van der Waals surface area contributed by atoms with Crippen molar-refractivity contribution in [3.8, 4) is 17.2 Å². The number of rotatable bonds is 5. The van der Waals surface area contributed by atoms with Gasteiger partial charge in [0.2, 0.25) is 0 Å². The van der Waals surface area contributed by atoms with Gasteiger partial charge in [-0.2, -0.15) is 5.10 Å². The van der Waals surface area contributed by atoms with Gasteiger partial charge in [0.05, 0.1) is 29.7 Å². The SMILES string of the molecule is Cc1ccc(-n2ncc(C(=O)NCC3COc4ccccc4O3)c2C2CC2)cc1Cl. The Morgan fingerprint density at radius 2 is 2.03 bits per heavy atom. The summed E-state index contributed by atoms with van der Waals surface area (Å²) < 4.78 is 13.5. The van der Waals surface area contributed by atoms with Crippen LogP contribution in [0.15, 0.2) is 48.7 Å². The molecule has 1 N–H and O–H groups in total. The van der Waals surface area contributed by atoms with Gasteiger partial charge in [-0.3, -0.25) is 4.79 Å². The van der Waals surface area contributed by atoms with E-state index in [-0.39, 0.29) is 12.0 Å². The largest absolute Gasteiger partial charge is 0.486 e. The Bertz CT molecular complexity index is 1110. The molecule has 1 aliphatic carbocycles. The summed E-state index contributed by atoms with van der Waals surface area (Å²) in [6.45, 7) is 2.72. The van der Waals surface area contributed by atoms with Gasteiger partial charge in [0.25, 0.3) is 5.91 Å². The van der Waals surface area contributed by atoms with E-state index in [0.717, 1.165) is 35.5 Å². The van der Waals surface area contributed by atoms with Gasteiger partial charge in [-0.1, -0.05) is 29.8 Å². The summed E-state index contributed by atoms with van der Waals surface area (Å²) in [7, 11) is 0. The second-order valence-corrected chi connectivity index (χ2v) is 8.18. The topological polar surface area (TPSA) is 65.4 Å². The van der Waals surface area contributed by atoms with Gasteiger partial charge in [0.1, 0.15) is 12.7 Å². The van der Waals surface area contributed by atoms with Crippen molar-refractivity contribution in [1.82, 2.24) is 15.1 Å². The van der Waals surface area contributed by atoms with E-state index in [9.17, 15) is 4.79 Å². The van der Waals surface area contributed by atoms with Gasteiger partial charge < -0.3 is 14.8 Å². The molecule has 30 heavy (non-hydrogen) atoms. The lowest BCUT2D eigenvalue weighted by molar-refractivity contribution is 0.0788. The number of hydrogen-bond acceptors (Lipinski definition) is 4. The smallest absolute Gasteiger partial charge is 0.254 e. The molecule has 1 amide bonds. The fraction of sp³-hybridized carbons (Fsp3) is 0.304. The average Bonchev–Trinajstić information content (AvgIpc) is 3.51. The summed E-state index contributed by atoms with van der Waals surface area (Å²) in [5, 5.41) is 8.18. The highest BCUT2D eigenvalue weighted by atomic mass is 35.5. The van der Waals surface area contributed by atoms with Gasteiger partial charge in [-0.25, -0.2) is 4.68 Å². The minimum absolute atomic E-state index is 0.149. The fourth-order valence-electron chi connectivity index (χ4n) is 3.67. The maximum Gasteiger partial charge on any atom is 0.254 e. The van der Waals surface area contributed by atoms with E-state index < -0.39 is 0 Å². The molecule has 2 aliphatic rings. The number of benzene rings is 2. The number of carbonyl (C=O) groups is 1. The number of ether oxygens (including phenoxy) is 2. The molecule has 1 fully saturated rings. The normalized spacial score (nSPS) is 17.6. The lowest BCUT2D eigenvalue weighted by atomic mass is 10.1. The summed E-state index contributed by atoms with van der Waals surface area (Å²) in [6, 6.07) is 13.4. The van der Waals surface area contributed by atoms with Crippen molar-refractivity contribution >= 4 is 17.5 Å². The van der Waals surface area contributed by atoms with Crippen LogP contribution in [0.2, 0.25) is 5.02 Å². The summed E-state index contributed by atoms with van der Waals surface area (Å²) in [4.78, 5) is 13.0. The number of carbonyl (C=O) groups excluding carboxylic acids is 1. The lowest BCUT2D eigenvalue weighted by Crippen LogP contribution is -2.40. The third-order valence-electron chi connectivity index (χ3n) is 5.47. The molecular weight excluding hydrogens is 402 g/mol. The van der Waals surface area contributed by atoms with Gasteiger partial charge in [-0.05, 0) is 49.6 Å². The highest BCUT2D eigenvalue weighted by molar-refractivity contribution is 6.31. The molecule has 0 saturated heterocycles. The van der Waals surface area contributed by atoms with Gasteiger partial charge in [-0.15, -0.1) is 0 Å². The molecule has 5 rings (SSSR count). The van der Waals surface area contributed by atoms with Crippen LogP contribution in [-0.2, 0) is 0 Å². The molecule has 0 radical (unpaired) electrons. The number of hydrogen-bond donors (Lipinski definition) is 1. The van der Waals surface area contributed by atoms with Crippen molar-refractivity contribution in [2.24, 2.45) is 0 Å². The molecule has 2 heterocycles. The van der Waals surface area contributed by atoms with E-state index in [1.54, 1.807) is 6.20 Å². The maximum absolute atomic E-state index is 13.0. The second kappa shape index (κ2) is 7.69. The van der Waals surface area contributed by atoms with Crippen LogP contribution in [0.5, 0.6) is 11.5 Å². The Hall–Kier alpha value is -2.99. The number of aromatic nitrogens is 2. The van der Waals surface area contributed by atoms with Gasteiger partial charge in [0.15, 0.2) is 11.5 Å². The van der Waals surface area contributed by atoms with Crippen molar-refractivity contribution in [3.63, 3.8) is 0 Å². The minimum Gasteiger partial charge on any atom is -0.486 e. The third-order valence-corrected chi connectivity index (χ3v) is 5.88. The molecule has 3 aromatic rings. The van der Waals surface area contributed by atoms with Crippen molar-refractivity contribution in [1.29, 1.82) is 0 Å². The van der Waals surface area contributed by atoms with E-state index >= 15 is 0 Å². The number of para-hydroxylation sites is 2. The zero-order valence-electron chi connectivity index (χ0n) is 16.6. The van der Waals surface area contributed by atoms with E-state index in [1.165, 1.54) is 0 Å². The maximum atomic E-state index is 13.0. The first-order valence-corrected chi connectivity index (χ1v) is 10.5. The number of amides is 1. The van der Waals surface area contributed by atoms with Crippen molar-refractivity contribution in [3.05, 3.63) is 70.5 Å². The Morgan fingerprint density at radius 1 is 1.23 bits per heavy atom. The molecule has 154 valence electrons. The summed E-state index contributed by atoms with van der Waals surface area (Å²) in [5.74, 6) is 1.62. The monoisotopic (exact) mass is 423 g/mol. The number of fused-ring (bicyclic) bond motifs is 1. The molecule has 0 bridgehead atoms. The molecule has 2 aromatic carbocycles. The molecular formula is C23H22ClN3O3. The average molecular weight is 424 g/mol. The van der Waals surface area contributed by atoms with Gasteiger partial charge >= 0.3 is 0 Å². The van der Waals surface area contributed by atoms with Crippen LogP contribution < -0.4 is 14.8 Å². The van der Waals surface area contributed by atoms with Crippen molar-refractivity contribution in [2.45, 2.75) is 31.8 Å². The lowest BCUT2D eigenvalue weighted by Gasteiger charge is -2.26. The highest BCUT2D eigenvalue weighted by Gasteiger charge is 2.33. The van der Waals surface area contributed by atoms with Crippen LogP contribution in [-0.4, -0.2) is 34.9 Å². The van der Waals surface area contributed by atoms with E-state index in [2.05, 4.69) is 10.4 Å². The molecule has 1 aromatic heterocycles. The number of nitrogens with one attached hydrogen (secondary N) is 1. The molecule has 1 saturated carbocycles. The Kier molecular flexibility index (Phi) is 4.87. The van der Waals surface area contributed by atoms with Crippen LogP contribution in [0.1, 0.15) is 40.4 Å². The zero-order valence-corrected chi connectivity index (χ0v) is 17.4. The third kappa shape index (κ3) is 3.63. The molecule has 6 nitrogen and oxygen atoms in total. The van der Waals surface area contributed by atoms with E-state index in [4.69, 9.17) is 21.1 Å². The molecule has 1 aliphatic heterocycles. The first-order valence-electron chi connectivity index (χ1n) is 10.1. The van der Waals surface area contributed by atoms with Gasteiger partial charge in [0, 0.05) is 10.9 Å². The van der Waals surface area contributed by atoms with Crippen LogP contribution in [0.4, 0.5) is 0 Å². The predicted molar refractivity (Wildman–Crippen MR) is 114 cm³/mol. The quantitative estimate of drug-likeness (QED) is 0.665. The number of halogens is 1. The number of nitrogens with zero attached hydrogens (tertiary/aromatic N) is 2. The van der Waals surface area contributed by atoms with Crippen LogP contribution in [0.25, 0.3) is 5.69 Å². The molecule has 1 atom stereocenters. The molecule has 0 spiro atoms. The van der Waals surface area contributed by atoms with Crippen LogP contribution in [0, 0.1) is 6.92 Å². The fourth-order valence-corrected chi connectivity index (χ4v) is 3.84. The Labute approximate surface area is 179 Å². The van der Waals surface area contributed by atoms with Crippen molar-refractivity contribution < 1.29 is 14.3 Å². The first kappa shape index (κ1) is 19.0. The standard InChI is InChI=1S/C23H22ClN3O3/c1-14-6-9-16(10-19(14)24)27-22(15-7-8-15)18(12-26-27)23(28)25-11-17-13-29-20-4-2-3-5-21(20)30-17/h2-6,9-10,12,15,17H,7-8,11,13H2,1H3,(H,25,28). The van der Waals surface area contributed by atoms with Crippen molar-refractivity contribution in [2.75, 3.05) is 13.2 Å². The van der Waals surface area contributed by atoms with E-state index in [1.807, 2.05) is 54.1 Å². The Balaban J connectivity index is 1.33. The summed E-state index contributed by atoms with van der Waals surface area (Å²) in [5.41, 5.74) is 3.42. The molecule has 7 heteroatoms. The van der Waals surface area contributed by atoms with E-state index in [0.29, 0.717) is 35.4 Å². The first-order chi connectivity index (χ1) is 14.6. The molecule has 1 unspecified atom stereocenters. The Morgan fingerprint density at radius 3 is 2.80 bits per heavy atom. The van der Waals surface area contributed by atoms with Crippen LogP contribution >= 0.6 is 11.6 Å². The zero-order chi connectivity index (χ0) is 20.7. The second-order valence-electron chi connectivity index (χ2n) is 7.77. The summed E-state index contributed by atoms with van der Waals surface area (Å²) in [6.07, 6.45) is 3.52. The van der Waals surface area contributed by atoms with Crippen LogP contribution in [0.3, 0.4) is 0 Å². The summed E-state index contributed by atoms with van der Waals surface area (Å²) >= 11 is 6.31. The predicted octanol–water partition coefficient (Wildman–Crippen LogP) is 4.28. The highest BCUT2D eigenvalue weighted by Crippen LogP contribution is 2.42.